The molecule has 2 aromatic rings. The van der Waals surface area contributed by atoms with Crippen molar-refractivity contribution in [2.24, 2.45) is 0 Å². The van der Waals surface area contributed by atoms with Crippen molar-refractivity contribution in [3.63, 3.8) is 0 Å². The Balaban J connectivity index is 2.29. The number of methoxy groups -OCH3 is 1. The quantitative estimate of drug-likeness (QED) is 0.911. The van der Waals surface area contributed by atoms with E-state index in [1.165, 1.54) is 12.1 Å². The number of aliphatic hydroxyl groups is 1. The summed E-state index contributed by atoms with van der Waals surface area (Å²) in [6, 6.07) is 11.9. The van der Waals surface area contributed by atoms with Crippen LogP contribution in [0.1, 0.15) is 18.1 Å². The number of halogens is 2. The Labute approximate surface area is 126 Å². The van der Waals surface area contributed by atoms with Gasteiger partial charge in [-0.3, -0.25) is 0 Å². The summed E-state index contributed by atoms with van der Waals surface area (Å²) in [7, 11) is 1.58. The predicted octanol–water partition coefficient (Wildman–Crippen LogP) is 4.05. The molecule has 4 heteroatoms. The summed E-state index contributed by atoms with van der Waals surface area (Å²) < 4.78 is 19.2. The van der Waals surface area contributed by atoms with Crippen molar-refractivity contribution in [2.75, 3.05) is 7.11 Å². The molecule has 0 radical (unpaired) electrons. The molecule has 20 heavy (non-hydrogen) atoms. The van der Waals surface area contributed by atoms with Crippen LogP contribution in [-0.4, -0.2) is 12.2 Å². The molecule has 0 heterocycles. The van der Waals surface area contributed by atoms with E-state index >= 15 is 0 Å². The third-order valence-electron chi connectivity index (χ3n) is 3.16. The van der Waals surface area contributed by atoms with Crippen LogP contribution in [0.5, 0.6) is 5.75 Å². The van der Waals surface area contributed by atoms with Gasteiger partial charge in [0.1, 0.15) is 11.6 Å². The first kappa shape index (κ1) is 15.0. The van der Waals surface area contributed by atoms with E-state index in [2.05, 4.69) is 15.9 Å². The molecule has 2 aromatic carbocycles. The van der Waals surface area contributed by atoms with Gasteiger partial charge in [0.15, 0.2) is 0 Å². The molecule has 0 aliphatic heterocycles. The molecule has 0 aromatic heterocycles. The first-order valence-electron chi connectivity index (χ1n) is 6.22. The van der Waals surface area contributed by atoms with Crippen LogP contribution in [-0.2, 0) is 12.0 Å². The van der Waals surface area contributed by atoms with E-state index in [-0.39, 0.29) is 5.82 Å². The lowest BCUT2D eigenvalue weighted by Crippen LogP contribution is -2.24. The number of rotatable bonds is 4. The molecule has 0 saturated carbocycles. The molecule has 2 nitrogen and oxygen atoms in total. The summed E-state index contributed by atoms with van der Waals surface area (Å²) in [5.41, 5.74) is 0.365. The molecule has 0 fully saturated rings. The number of hydrogen-bond donors (Lipinski definition) is 1. The smallest absolute Gasteiger partial charge is 0.124 e. The Hall–Kier alpha value is -1.39. The van der Waals surface area contributed by atoms with Crippen LogP contribution in [0, 0.1) is 5.82 Å². The lowest BCUT2D eigenvalue weighted by atomic mass is 9.89. The third-order valence-corrected chi connectivity index (χ3v) is 3.62. The van der Waals surface area contributed by atoms with Crippen molar-refractivity contribution in [1.82, 2.24) is 0 Å². The van der Waals surface area contributed by atoms with Crippen LogP contribution in [0.25, 0.3) is 0 Å². The van der Waals surface area contributed by atoms with Gasteiger partial charge in [-0.05, 0) is 48.4 Å². The van der Waals surface area contributed by atoms with Gasteiger partial charge in [0.25, 0.3) is 0 Å². The van der Waals surface area contributed by atoms with Gasteiger partial charge < -0.3 is 9.84 Å². The number of ether oxygens (including phenoxy) is 1. The van der Waals surface area contributed by atoms with Crippen molar-refractivity contribution < 1.29 is 14.2 Å². The predicted molar refractivity (Wildman–Crippen MR) is 80.4 cm³/mol. The molecule has 1 N–H and O–H groups in total. The summed E-state index contributed by atoms with van der Waals surface area (Å²) in [6.45, 7) is 1.71. The van der Waals surface area contributed by atoms with Gasteiger partial charge in [-0.25, -0.2) is 4.39 Å². The molecule has 1 atom stereocenters. The van der Waals surface area contributed by atoms with E-state index < -0.39 is 5.60 Å². The molecule has 1 unspecified atom stereocenters. The van der Waals surface area contributed by atoms with E-state index in [4.69, 9.17) is 4.74 Å². The van der Waals surface area contributed by atoms with E-state index in [0.717, 1.165) is 11.1 Å². The molecular formula is C16H16BrFO2. The van der Waals surface area contributed by atoms with E-state index in [9.17, 15) is 9.50 Å². The van der Waals surface area contributed by atoms with E-state index in [0.29, 0.717) is 16.6 Å². The molecular weight excluding hydrogens is 323 g/mol. The van der Waals surface area contributed by atoms with E-state index in [1.54, 1.807) is 26.2 Å². The summed E-state index contributed by atoms with van der Waals surface area (Å²) >= 11 is 3.26. The maximum atomic E-state index is 13.4. The van der Waals surface area contributed by atoms with Crippen LogP contribution in [0.2, 0.25) is 0 Å². The zero-order valence-corrected chi connectivity index (χ0v) is 12.9. The zero-order valence-electron chi connectivity index (χ0n) is 11.4. The topological polar surface area (TPSA) is 29.5 Å². The van der Waals surface area contributed by atoms with Gasteiger partial charge in [0.05, 0.1) is 12.7 Å². The molecule has 106 valence electrons. The number of hydrogen-bond acceptors (Lipinski definition) is 2. The minimum Gasteiger partial charge on any atom is -0.497 e. The first-order chi connectivity index (χ1) is 9.40. The van der Waals surface area contributed by atoms with Gasteiger partial charge in [-0.15, -0.1) is 0 Å². The summed E-state index contributed by atoms with van der Waals surface area (Å²) in [6.07, 6.45) is 0.316. The van der Waals surface area contributed by atoms with Gasteiger partial charge in [0, 0.05) is 10.9 Å². The summed E-state index contributed by atoms with van der Waals surface area (Å²) in [5.74, 6) is 0.360. The molecule has 0 aliphatic rings. The molecule has 0 saturated heterocycles. The van der Waals surface area contributed by atoms with Crippen LogP contribution in [0.4, 0.5) is 4.39 Å². The molecule has 0 amide bonds. The van der Waals surface area contributed by atoms with Gasteiger partial charge >= 0.3 is 0 Å². The minimum absolute atomic E-state index is 0.316. The second-order valence-corrected chi connectivity index (χ2v) is 5.88. The lowest BCUT2D eigenvalue weighted by molar-refractivity contribution is 0.0573. The van der Waals surface area contributed by atoms with Gasteiger partial charge in [-0.1, -0.05) is 28.1 Å². The fourth-order valence-electron chi connectivity index (χ4n) is 2.17. The molecule has 0 aliphatic carbocycles. The highest BCUT2D eigenvalue weighted by molar-refractivity contribution is 9.10. The lowest BCUT2D eigenvalue weighted by Gasteiger charge is -2.24. The van der Waals surface area contributed by atoms with Crippen LogP contribution in [0.15, 0.2) is 46.9 Å². The number of benzene rings is 2. The Morgan fingerprint density at radius 2 is 2.00 bits per heavy atom. The molecule has 0 bridgehead atoms. The second kappa shape index (κ2) is 5.94. The van der Waals surface area contributed by atoms with E-state index in [1.807, 2.05) is 18.2 Å². The maximum absolute atomic E-state index is 13.4. The van der Waals surface area contributed by atoms with Crippen molar-refractivity contribution in [3.8, 4) is 5.75 Å². The Morgan fingerprint density at radius 3 is 2.65 bits per heavy atom. The highest BCUT2D eigenvalue weighted by atomic mass is 79.9. The second-order valence-electron chi connectivity index (χ2n) is 4.96. The zero-order chi connectivity index (χ0) is 14.8. The van der Waals surface area contributed by atoms with Crippen LogP contribution < -0.4 is 4.74 Å². The molecule has 0 spiro atoms. The standard InChI is InChI=1S/C16H16BrFO2/c1-16(19,12-4-3-5-15(8-12)20-2)10-11-6-13(17)9-14(18)7-11/h3-9,19H,10H2,1-2H3. The summed E-state index contributed by atoms with van der Waals surface area (Å²) in [4.78, 5) is 0. The summed E-state index contributed by atoms with van der Waals surface area (Å²) in [5, 5.41) is 10.6. The normalized spacial score (nSPS) is 13.8. The average molecular weight is 339 g/mol. The SMILES string of the molecule is COc1cccc(C(C)(O)Cc2cc(F)cc(Br)c2)c1. The highest BCUT2D eigenvalue weighted by Crippen LogP contribution is 2.29. The fourth-order valence-corrected chi connectivity index (χ4v) is 2.68. The average Bonchev–Trinajstić information content (AvgIpc) is 2.37. The van der Waals surface area contributed by atoms with Crippen molar-refractivity contribution in [2.45, 2.75) is 18.9 Å². The Morgan fingerprint density at radius 1 is 1.25 bits per heavy atom. The van der Waals surface area contributed by atoms with Crippen LogP contribution in [0.3, 0.4) is 0 Å². The maximum Gasteiger partial charge on any atom is 0.124 e. The van der Waals surface area contributed by atoms with Crippen molar-refractivity contribution in [1.29, 1.82) is 0 Å². The monoisotopic (exact) mass is 338 g/mol. The fraction of sp³-hybridized carbons (Fsp3) is 0.250. The Kier molecular flexibility index (Phi) is 4.45. The minimum atomic E-state index is -1.10. The van der Waals surface area contributed by atoms with Crippen molar-refractivity contribution in [3.05, 3.63) is 63.9 Å². The molecule has 2 rings (SSSR count). The Bertz CT molecular complexity index is 591. The van der Waals surface area contributed by atoms with Gasteiger partial charge in [-0.2, -0.15) is 0 Å². The third kappa shape index (κ3) is 3.58. The largest absolute Gasteiger partial charge is 0.497 e. The van der Waals surface area contributed by atoms with Crippen LogP contribution >= 0.6 is 15.9 Å². The first-order valence-corrected chi connectivity index (χ1v) is 7.02. The van der Waals surface area contributed by atoms with Gasteiger partial charge in [0.2, 0.25) is 0 Å². The van der Waals surface area contributed by atoms with Crippen molar-refractivity contribution >= 4 is 15.9 Å². The highest BCUT2D eigenvalue weighted by Gasteiger charge is 2.24.